The number of benzene rings is 4. The molecule has 3 aliphatic heterocycles. The second-order valence-electron chi connectivity index (χ2n) is 21.2. The number of alkyl halides is 2. The first-order valence-corrected chi connectivity index (χ1v) is 28.2. The third-order valence-corrected chi connectivity index (χ3v) is 19.7. The summed E-state index contributed by atoms with van der Waals surface area (Å²) in [4.78, 5) is 51.9. The molecule has 0 bridgehead atoms. The lowest BCUT2D eigenvalue weighted by Gasteiger charge is -2.36. The summed E-state index contributed by atoms with van der Waals surface area (Å²) in [5, 5.41) is 3.85. The summed E-state index contributed by atoms with van der Waals surface area (Å²) in [6, 6.07) is 28.7. The Labute approximate surface area is 428 Å². The average molecular weight is 1010 g/mol. The van der Waals surface area contributed by atoms with Gasteiger partial charge in [-0.3, -0.25) is 24.2 Å². The highest BCUT2D eigenvalue weighted by Crippen LogP contribution is 2.40. The van der Waals surface area contributed by atoms with E-state index in [0.29, 0.717) is 83.3 Å². The quantitative estimate of drug-likeness (QED) is 0.0992. The van der Waals surface area contributed by atoms with Gasteiger partial charge in [-0.25, -0.2) is 4.68 Å². The Balaban J connectivity index is 1.02. The van der Waals surface area contributed by atoms with Crippen LogP contribution in [-0.2, 0) is 48.9 Å². The van der Waals surface area contributed by atoms with E-state index in [9.17, 15) is 13.6 Å². The molecule has 6 aromatic rings. The molecule has 0 radical (unpaired) electrons. The molecule has 1 atom stereocenters. The second-order valence-corrected chi connectivity index (χ2v) is 25.9. The minimum Gasteiger partial charge on any atom is -0.544 e. The van der Waals surface area contributed by atoms with Crippen LogP contribution in [0.15, 0.2) is 103 Å². The van der Waals surface area contributed by atoms with Crippen molar-refractivity contribution in [3.05, 3.63) is 148 Å². The number of hydrogen-bond donors (Lipinski definition) is 0. The molecule has 3 amide bonds. The zero-order valence-electron chi connectivity index (χ0n) is 43.3. The van der Waals surface area contributed by atoms with Crippen molar-refractivity contribution in [3.8, 4) is 22.8 Å². The minimum atomic E-state index is -2.91. The summed E-state index contributed by atoms with van der Waals surface area (Å²) < 4.78 is 48.4. The van der Waals surface area contributed by atoms with Gasteiger partial charge in [-0.1, -0.05) is 57.2 Å². The maximum Gasteiger partial charge on any atom is 0.333 e. The molecule has 0 unspecified atom stereocenters. The van der Waals surface area contributed by atoms with Crippen molar-refractivity contribution in [2.75, 3.05) is 50.9 Å². The van der Waals surface area contributed by atoms with E-state index in [4.69, 9.17) is 13.9 Å². The summed E-state index contributed by atoms with van der Waals surface area (Å²) >= 11 is 0. The van der Waals surface area contributed by atoms with Crippen molar-refractivity contribution in [2.45, 2.75) is 97.7 Å². The lowest BCUT2D eigenvalue weighted by atomic mass is 9.89. The monoisotopic (exact) mass is 1010 g/mol. The lowest BCUT2D eigenvalue weighted by Crippen LogP contribution is -2.43. The Hall–Kier alpha value is -6.62. The predicted octanol–water partition coefficient (Wildman–Crippen LogP) is 10.4. The third kappa shape index (κ3) is 11.0. The van der Waals surface area contributed by atoms with E-state index in [-0.39, 0.29) is 35.0 Å². The van der Waals surface area contributed by atoms with Gasteiger partial charge in [-0.05, 0) is 127 Å². The molecule has 0 aliphatic carbocycles. The Morgan fingerprint density at radius 3 is 2.23 bits per heavy atom. The van der Waals surface area contributed by atoms with Gasteiger partial charge in [0.1, 0.15) is 18.1 Å². The van der Waals surface area contributed by atoms with Gasteiger partial charge in [0.2, 0.25) is 14.2 Å². The highest BCUT2D eigenvalue weighted by atomic mass is 28.4. The van der Waals surface area contributed by atoms with Crippen molar-refractivity contribution in [2.24, 2.45) is 7.05 Å². The largest absolute Gasteiger partial charge is 0.544 e. The van der Waals surface area contributed by atoms with Crippen LogP contribution in [0, 0.1) is 6.92 Å². The number of rotatable bonds is 14. The van der Waals surface area contributed by atoms with Gasteiger partial charge < -0.3 is 28.3 Å². The molecular formula is C57H67F2N7O6Si. The molecule has 0 saturated carbocycles. The molecule has 2 aromatic heterocycles. The molecule has 0 N–H and O–H groups in total. The molecule has 73 heavy (non-hydrogen) atoms. The lowest BCUT2D eigenvalue weighted by molar-refractivity contribution is -0.131. The molecule has 0 spiro atoms. The molecule has 9 rings (SSSR count). The van der Waals surface area contributed by atoms with Crippen LogP contribution >= 0.6 is 0 Å². The van der Waals surface area contributed by atoms with Crippen LogP contribution in [0.4, 0.5) is 20.2 Å². The number of ether oxygens (including phenoxy) is 2. The van der Waals surface area contributed by atoms with Gasteiger partial charge in [0.15, 0.2) is 0 Å². The maximum absolute atomic E-state index is 15.2. The number of aromatic nitrogens is 3. The standard InChI is InChI=1S/C57H67F2N7O6Si/c1-38-29-41-11-9-10-12-43(41)36-64(38)54(68)51-32-44-35-63(53(67)30-40-13-17-47(18-14-40)71-28-25-62-23-26-70-27-24-62)22-21-42(44)31-50(51)52-33-49(39(2)61(52)6)55(69)66(46-34-60-65(37-46)56(58)59)45-15-19-48(20-16-45)72-73(7,8)57(3,4)5/h9-20,31-34,37-38,56H,21-30,35-36H2,1-8H3/t38-/m1/s1. The van der Waals surface area contributed by atoms with Crippen molar-refractivity contribution in [1.82, 2.24) is 29.0 Å². The smallest absolute Gasteiger partial charge is 0.333 e. The van der Waals surface area contributed by atoms with Crippen LogP contribution < -0.4 is 14.1 Å². The molecule has 1 fully saturated rings. The number of nitrogens with zero attached hydrogens (tertiary/aromatic N) is 7. The summed E-state index contributed by atoms with van der Waals surface area (Å²) in [6.07, 6.45) is 3.92. The molecule has 3 aliphatic rings. The fourth-order valence-corrected chi connectivity index (χ4v) is 10.8. The van der Waals surface area contributed by atoms with Gasteiger partial charge in [-0.15, -0.1) is 0 Å². The van der Waals surface area contributed by atoms with Crippen LogP contribution in [0.3, 0.4) is 0 Å². The first-order valence-electron chi connectivity index (χ1n) is 25.3. The van der Waals surface area contributed by atoms with Crippen LogP contribution in [0.2, 0.25) is 18.1 Å². The van der Waals surface area contributed by atoms with E-state index in [1.807, 2.05) is 70.8 Å². The molecule has 13 nitrogen and oxygen atoms in total. The molecule has 16 heteroatoms. The van der Waals surface area contributed by atoms with Gasteiger partial charge in [0, 0.05) is 80.6 Å². The van der Waals surface area contributed by atoms with E-state index in [0.717, 1.165) is 67.0 Å². The highest BCUT2D eigenvalue weighted by molar-refractivity contribution is 6.74. The zero-order chi connectivity index (χ0) is 51.8. The van der Waals surface area contributed by atoms with E-state index in [1.165, 1.54) is 16.7 Å². The minimum absolute atomic E-state index is 0.00697. The Kier molecular flexibility index (Phi) is 14.8. The summed E-state index contributed by atoms with van der Waals surface area (Å²) in [5.41, 5.74) is 8.42. The highest BCUT2D eigenvalue weighted by Gasteiger charge is 2.39. The van der Waals surface area contributed by atoms with Crippen LogP contribution in [0.25, 0.3) is 11.3 Å². The van der Waals surface area contributed by atoms with Gasteiger partial charge >= 0.3 is 6.55 Å². The van der Waals surface area contributed by atoms with E-state index >= 15 is 9.59 Å². The van der Waals surface area contributed by atoms with Crippen LogP contribution in [0.5, 0.6) is 11.5 Å². The predicted molar refractivity (Wildman–Crippen MR) is 281 cm³/mol. The second kappa shape index (κ2) is 21.1. The van der Waals surface area contributed by atoms with Crippen molar-refractivity contribution in [3.63, 3.8) is 0 Å². The Bertz CT molecular complexity index is 2980. The number of anilines is 2. The first-order chi connectivity index (χ1) is 34.8. The summed E-state index contributed by atoms with van der Waals surface area (Å²) in [5.74, 6) is 0.797. The van der Waals surface area contributed by atoms with Crippen LogP contribution in [0.1, 0.15) is 88.5 Å². The van der Waals surface area contributed by atoms with E-state index in [1.54, 1.807) is 30.3 Å². The number of fused-ring (bicyclic) bond motifs is 2. The van der Waals surface area contributed by atoms with Gasteiger partial charge in [0.05, 0.1) is 43.3 Å². The van der Waals surface area contributed by atoms with Gasteiger partial charge in [0.25, 0.3) is 11.8 Å². The molecular weight excluding hydrogens is 945 g/mol. The summed E-state index contributed by atoms with van der Waals surface area (Å²) in [7, 11) is -0.331. The van der Waals surface area contributed by atoms with E-state index in [2.05, 4.69) is 69.0 Å². The summed E-state index contributed by atoms with van der Waals surface area (Å²) in [6.45, 7) is 17.8. The van der Waals surface area contributed by atoms with Gasteiger partial charge in [-0.2, -0.15) is 13.9 Å². The average Bonchev–Trinajstić information content (AvgIpc) is 3.98. The molecule has 5 heterocycles. The van der Waals surface area contributed by atoms with Crippen molar-refractivity contribution in [1.29, 1.82) is 0 Å². The Morgan fingerprint density at radius 2 is 1.55 bits per heavy atom. The number of morpholine rings is 1. The topological polar surface area (TPSA) is 115 Å². The normalized spacial score (nSPS) is 16.3. The van der Waals surface area contributed by atoms with Crippen molar-refractivity contribution >= 4 is 37.4 Å². The Morgan fingerprint density at radius 1 is 0.849 bits per heavy atom. The number of amides is 3. The molecule has 4 aromatic carbocycles. The first kappa shape index (κ1) is 51.3. The fraction of sp³-hybridized carbons (Fsp3) is 0.404. The fourth-order valence-electron chi connectivity index (χ4n) is 9.76. The number of carbonyl (C=O) groups excluding carboxylic acids is 3. The molecule has 1 saturated heterocycles. The zero-order valence-corrected chi connectivity index (χ0v) is 44.3. The number of halogens is 2. The SMILES string of the molecule is Cc1c(C(=O)N(c2ccc(O[Si](C)(C)C(C)(C)C)cc2)c2cnn(C(F)F)c2)cc(-c2cc3c(cc2C(=O)N2Cc4ccccc4C[C@H]2C)CN(C(=O)Cc2ccc(OCCN4CCOCC4)cc2)CC3)n1C. The third-order valence-electron chi connectivity index (χ3n) is 15.3. The van der Waals surface area contributed by atoms with E-state index < -0.39 is 20.8 Å². The van der Waals surface area contributed by atoms with Crippen LogP contribution in [-0.4, -0.2) is 107 Å². The maximum atomic E-state index is 15.2. The number of hydrogen-bond acceptors (Lipinski definition) is 8. The molecule has 384 valence electrons. The number of carbonyl (C=O) groups is 3. The van der Waals surface area contributed by atoms with Crippen molar-refractivity contribution < 1.29 is 37.1 Å².